The Kier molecular flexibility index (Phi) is 9.12. The largest absolute Gasteiger partial charge is 0.351 e. The van der Waals surface area contributed by atoms with Gasteiger partial charge in [0.1, 0.15) is 16.8 Å². The number of hydrogen-bond acceptors (Lipinski definition) is 5. The molecule has 1 amide bonds. The van der Waals surface area contributed by atoms with Gasteiger partial charge in [-0.15, -0.1) is 0 Å². The molecule has 0 fully saturated rings. The zero-order chi connectivity index (χ0) is 24.8. The van der Waals surface area contributed by atoms with Crippen molar-refractivity contribution in [3.63, 3.8) is 0 Å². The third-order valence-corrected chi connectivity index (χ3v) is 7.69. The van der Waals surface area contributed by atoms with Gasteiger partial charge in [0.05, 0.1) is 5.75 Å². The summed E-state index contributed by atoms with van der Waals surface area (Å²) in [6.07, 6.45) is 0. The van der Waals surface area contributed by atoms with Gasteiger partial charge in [-0.05, 0) is 43.0 Å². The lowest BCUT2D eigenvalue weighted by atomic mass is 10.0. The van der Waals surface area contributed by atoms with Gasteiger partial charge in [-0.25, -0.2) is 25.9 Å². The molecule has 0 unspecified atom stereocenters. The third kappa shape index (κ3) is 7.88. The number of carbonyl (C=O) groups excluding carboxylic acids is 1. The fourth-order valence-electron chi connectivity index (χ4n) is 3.15. The van der Waals surface area contributed by atoms with Gasteiger partial charge < -0.3 is 5.32 Å². The molecule has 2 aromatic carbocycles. The van der Waals surface area contributed by atoms with Gasteiger partial charge in [0.25, 0.3) is 0 Å². The van der Waals surface area contributed by atoms with Gasteiger partial charge in [-0.2, -0.15) is 4.72 Å². The molecule has 1 atom stereocenters. The molecule has 0 aromatic heterocycles. The van der Waals surface area contributed by atoms with Gasteiger partial charge in [0.2, 0.25) is 26.0 Å². The second-order valence-electron chi connectivity index (χ2n) is 8.29. The molecule has 0 bridgehead atoms. The van der Waals surface area contributed by atoms with Crippen LogP contribution in [0.4, 0.5) is 4.39 Å². The molecule has 2 rings (SSSR count). The van der Waals surface area contributed by atoms with Gasteiger partial charge in [0, 0.05) is 12.6 Å². The standard InChI is InChI=1S/C22H30FN3O5S2/c1-15(2)21(26-33(30,31)20-12-8-7-11-19(20)23)22(27)24-13-17-9-5-6-10-18(17)14-32(28,29)25-16(3)4/h5-12,15-16,21,25-26H,13-14H2,1-4H3,(H,24,27)/t21-/m0/s1. The first-order valence-corrected chi connectivity index (χ1v) is 13.6. The molecular weight excluding hydrogens is 469 g/mol. The number of hydrogen-bond donors (Lipinski definition) is 3. The van der Waals surface area contributed by atoms with E-state index in [1.165, 1.54) is 12.1 Å². The van der Waals surface area contributed by atoms with Crippen molar-refractivity contribution in [3.8, 4) is 0 Å². The topological polar surface area (TPSA) is 121 Å². The lowest BCUT2D eigenvalue weighted by Crippen LogP contribution is -2.49. The fourth-order valence-corrected chi connectivity index (χ4v) is 6.07. The van der Waals surface area contributed by atoms with Gasteiger partial charge in [0.15, 0.2) is 0 Å². The van der Waals surface area contributed by atoms with Crippen molar-refractivity contribution >= 4 is 26.0 Å². The van der Waals surface area contributed by atoms with Crippen molar-refractivity contribution in [1.29, 1.82) is 0 Å². The second kappa shape index (κ2) is 11.2. The van der Waals surface area contributed by atoms with E-state index in [1.54, 1.807) is 52.0 Å². The van der Waals surface area contributed by atoms with Crippen LogP contribution in [0.5, 0.6) is 0 Å². The summed E-state index contributed by atoms with van der Waals surface area (Å²) < 4.78 is 68.7. The maximum Gasteiger partial charge on any atom is 0.244 e. The summed E-state index contributed by atoms with van der Waals surface area (Å²) in [5, 5.41) is 2.66. The normalized spacial score (nSPS) is 13.3. The van der Waals surface area contributed by atoms with Crippen molar-refractivity contribution < 1.29 is 26.0 Å². The monoisotopic (exact) mass is 499 g/mol. The molecule has 0 aliphatic heterocycles. The minimum absolute atomic E-state index is 0.00312. The van der Waals surface area contributed by atoms with Crippen LogP contribution in [-0.4, -0.2) is 34.8 Å². The molecule has 0 saturated carbocycles. The summed E-state index contributed by atoms with van der Waals surface area (Å²) in [6, 6.07) is 10.3. The van der Waals surface area contributed by atoms with Crippen LogP contribution in [0.15, 0.2) is 53.4 Å². The Morgan fingerprint density at radius 2 is 1.45 bits per heavy atom. The van der Waals surface area contributed by atoms with Crippen molar-refractivity contribution in [3.05, 3.63) is 65.5 Å². The highest BCUT2D eigenvalue weighted by Crippen LogP contribution is 2.16. The van der Waals surface area contributed by atoms with E-state index in [0.29, 0.717) is 11.1 Å². The smallest absolute Gasteiger partial charge is 0.244 e. The average Bonchev–Trinajstić information content (AvgIpc) is 2.70. The van der Waals surface area contributed by atoms with Crippen LogP contribution in [-0.2, 0) is 37.1 Å². The SMILES string of the molecule is CC(C)NS(=O)(=O)Cc1ccccc1CNC(=O)[C@@H](NS(=O)(=O)c1ccccc1F)C(C)C. The van der Waals surface area contributed by atoms with Crippen molar-refractivity contribution in [2.45, 2.75) is 57.0 Å². The number of nitrogens with one attached hydrogen (secondary N) is 3. The van der Waals surface area contributed by atoms with Crippen LogP contribution >= 0.6 is 0 Å². The molecule has 0 saturated heterocycles. The Bertz CT molecular complexity index is 1180. The Balaban J connectivity index is 2.16. The van der Waals surface area contributed by atoms with Crippen molar-refractivity contribution in [1.82, 2.24) is 14.8 Å². The maximum atomic E-state index is 14.0. The zero-order valence-electron chi connectivity index (χ0n) is 19.0. The molecule has 0 aliphatic rings. The minimum Gasteiger partial charge on any atom is -0.351 e. The Hall–Kier alpha value is -2.34. The average molecular weight is 500 g/mol. The highest BCUT2D eigenvalue weighted by molar-refractivity contribution is 7.89. The third-order valence-electron chi connectivity index (χ3n) is 4.69. The lowest BCUT2D eigenvalue weighted by Gasteiger charge is -2.22. The van der Waals surface area contributed by atoms with Gasteiger partial charge in [-0.1, -0.05) is 50.2 Å². The summed E-state index contributed by atoms with van der Waals surface area (Å²) in [6.45, 7) is 6.76. The highest BCUT2D eigenvalue weighted by Gasteiger charge is 2.29. The zero-order valence-corrected chi connectivity index (χ0v) is 20.6. The quantitative estimate of drug-likeness (QED) is 0.438. The van der Waals surface area contributed by atoms with E-state index in [1.807, 2.05) is 0 Å². The van der Waals surface area contributed by atoms with E-state index in [9.17, 15) is 26.0 Å². The molecule has 33 heavy (non-hydrogen) atoms. The number of halogens is 1. The van der Waals surface area contributed by atoms with Crippen LogP contribution in [0.1, 0.15) is 38.8 Å². The molecule has 0 radical (unpaired) electrons. The number of carbonyl (C=O) groups is 1. The second-order valence-corrected chi connectivity index (χ2v) is 11.7. The first-order chi connectivity index (χ1) is 15.3. The van der Waals surface area contributed by atoms with E-state index in [4.69, 9.17) is 0 Å². The molecule has 3 N–H and O–H groups in total. The minimum atomic E-state index is -4.28. The Morgan fingerprint density at radius 3 is 2.03 bits per heavy atom. The van der Waals surface area contributed by atoms with Crippen molar-refractivity contribution in [2.24, 2.45) is 5.92 Å². The number of rotatable bonds is 11. The van der Waals surface area contributed by atoms with Crippen molar-refractivity contribution in [2.75, 3.05) is 0 Å². The summed E-state index contributed by atoms with van der Waals surface area (Å²) in [4.78, 5) is 12.3. The van der Waals surface area contributed by atoms with Gasteiger partial charge in [-0.3, -0.25) is 4.79 Å². The molecule has 0 heterocycles. The molecule has 2 aromatic rings. The van der Waals surface area contributed by atoms with Crippen LogP contribution < -0.4 is 14.8 Å². The van der Waals surface area contributed by atoms with E-state index < -0.39 is 48.6 Å². The summed E-state index contributed by atoms with van der Waals surface area (Å²) in [5.41, 5.74) is 1.10. The summed E-state index contributed by atoms with van der Waals surface area (Å²) >= 11 is 0. The van der Waals surface area contributed by atoms with E-state index in [0.717, 1.165) is 12.1 Å². The van der Waals surface area contributed by atoms with Crippen LogP contribution in [0, 0.1) is 11.7 Å². The molecule has 11 heteroatoms. The summed E-state index contributed by atoms with van der Waals surface area (Å²) in [5.74, 6) is -2.22. The molecular formula is C22H30FN3O5S2. The van der Waals surface area contributed by atoms with Crippen LogP contribution in [0.3, 0.4) is 0 Å². The molecule has 182 valence electrons. The Labute approximate surface area is 195 Å². The predicted octanol–water partition coefficient (Wildman–Crippen LogP) is 2.27. The lowest BCUT2D eigenvalue weighted by molar-refractivity contribution is -0.123. The molecule has 0 spiro atoms. The first-order valence-electron chi connectivity index (χ1n) is 10.4. The number of benzene rings is 2. The Morgan fingerprint density at radius 1 is 0.879 bits per heavy atom. The highest BCUT2D eigenvalue weighted by atomic mass is 32.2. The number of amides is 1. The summed E-state index contributed by atoms with van der Waals surface area (Å²) in [7, 11) is -7.85. The maximum absolute atomic E-state index is 14.0. The first kappa shape index (κ1) is 26.9. The van der Waals surface area contributed by atoms with E-state index in [-0.39, 0.29) is 18.3 Å². The molecule has 8 nitrogen and oxygen atoms in total. The molecule has 0 aliphatic carbocycles. The van der Waals surface area contributed by atoms with E-state index >= 15 is 0 Å². The van der Waals surface area contributed by atoms with Crippen LogP contribution in [0.2, 0.25) is 0 Å². The van der Waals surface area contributed by atoms with Gasteiger partial charge >= 0.3 is 0 Å². The van der Waals surface area contributed by atoms with E-state index in [2.05, 4.69) is 14.8 Å². The predicted molar refractivity (Wildman–Crippen MR) is 125 cm³/mol. The fraction of sp³-hybridized carbons (Fsp3) is 0.409. The van der Waals surface area contributed by atoms with Crippen LogP contribution in [0.25, 0.3) is 0 Å². The number of sulfonamides is 2.